The third-order valence-corrected chi connectivity index (χ3v) is 10.2. The average molecular weight is 471 g/mol. The minimum atomic E-state index is 0.0269. The lowest BCUT2D eigenvalue weighted by Crippen LogP contribution is -2.51. The number of amides is 1. The predicted octanol–water partition coefficient (Wildman–Crippen LogP) is 6.05. The molecular formula is C30H38N4O. The van der Waals surface area contributed by atoms with E-state index in [4.69, 9.17) is 0 Å². The van der Waals surface area contributed by atoms with E-state index in [-0.39, 0.29) is 22.8 Å². The van der Waals surface area contributed by atoms with Crippen molar-refractivity contribution in [1.82, 2.24) is 19.9 Å². The molecule has 5 heteroatoms. The van der Waals surface area contributed by atoms with E-state index >= 15 is 0 Å². The summed E-state index contributed by atoms with van der Waals surface area (Å²) in [5.41, 5.74) is 5.47. The van der Waals surface area contributed by atoms with Crippen LogP contribution in [0.5, 0.6) is 0 Å². The maximum Gasteiger partial charge on any atom is 0.251 e. The van der Waals surface area contributed by atoms with Crippen LogP contribution >= 0.6 is 0 Å². The second-order valence-electron chi connectivity index (χ2n) is 11.8. The Morgan fingerprint density at radius 2 is 1.89 bits per heavy atom. The smallest absolute Gasteiger partial charge is 0.251 e. The van der Waals surface area contributed by atoms with Gasteiger partial charge in [0.15, 0.2) is 0 Å². The Morgan fingerprint density at radius 3 is 2.66 bits per heavy atom. The van der Waals surface area contributed by atoms with Crippen LogP contribution in [0.1, 0.15) is 81.8 Å². The number of aryl methyl sites for hydroxylation is 1. The third kappa shape index (κ3) is 3.61. The zero-order valence-electron chi connectivity index (χ0n) is 21.3. The molecule has 0 aromatic carbocycles. The van der Waals surface area contributed by atoms with Crippen LogP contribution in [0, 0.1) is 28.6 Å². The second-order valence-corrected chi connectivity index (χ2v) is 11.8. The topological polar surface area (TPSA) is 59.8 Å². The summed E-state index contributed by atoms with van der Waals surface area (Å²) < 4.78 is 2.32. The van der Waals surface area contributed by atoms with Gasteiger partial charge in [0.2, 0.25) is 0 Å². The van der Waals surface area contributed by atoms with Crippen molar-refractivity contribution >= 4 is 11.6 Å². The van der Waals surface area contributed by atoms with Crippen LogP contribution in [-0.4, -0.2) is 26.5 Å². The molecule has 35 heavy (non-hydrogen) atoms. The maximum absolute atomic E-state index is 12.7. The number of fused-ring (bicyclic) bond motifs is 5. The molecule has 3 unspecified atom stereocenters. The van der Waals surface area contributed by atoms with Crippen molar-refractivity contribution in [2.75, 3.05) is 0 Å². The molecular weight excluding hydrogens is 432 g/mol. The number of imidazole rings is 1. The first-order valence-electron chi connectivity index (χ1n) is 13.6. The number of allylic oxidation sites excluding steroid dienone is 3. The molecule has 2 fully saturated rings. The average Bonchev–Trinajstić information content (AvgIpc) is 3.48. The lowest BCUT2D eigenvalue weighted by Gasteiger charge is -2.58. The van der Waals surface area contributed by atoms with Crippen LogP contribution in [0.15, 0.2) is 54.8 Å². The van der Waals surface area contributed by atoms with Gasteiger partial charge in [0.1, 0.15) is 0 Å². The van der Waals surface area contributed by atoms with Gasteiger partial charge in [0.05, 0.1) is 12.0 Å². The van der Waals surface area contributed by atoms with Gasteiger partial charge in [-0.25, -0.2) is 4.98 Å². The molecule has 2 heterocycles. The summed E-state index contributed by atoms with van der Waals surface area (Å²) in [5, 5.41) is 3.31. The molecule has 1 amide bonds. The van der Waals surface area contributed by atoms with Crippen LogP contribution < -0.4 is 5.32 Å². The summed E-state index contributed by atoms with van der Waals surface area (Å²) in [6.45, 7) is 7.23. The highest BCUT2D eigenvalue weighted by Gasteiger charge is 2.57. The summed E-state index contributed by atoms with van der Waals surface area (Å²) in [4.78, 5) is 21.4. The Morgan fingerprint density at radius 1 is 1.09 bits per heavy atom. The number of hydrogen-bond donors (Lipinski definition) is 1. The molecule has 2 aromatic heterocycles. The molecule has 2 aromatic rings. The predicted molar refractivity (Wildman–Crippen MR) is 138 cm³/mol. The summed E-state index contributed by atoms with van der Waals surface area (Å²) in [5.74, 6) is 2.23. The van der Waals surface area contributed by atoms with Gasteiger partial charge in [-0.15, -0.1) is 0 Å². The number of nitrogens with one attached hydrogen (secondary N) is 1. The fourth-order valence-electron chi connectivity index (χ4n) is 8.18. The molecule has 0 bridgehead atoms. The Hall–Kier alpha value is -2.69. The van der Waals surface area contributed by atoms with Crippen molar-refractivity contribution < 1.29 is 4.79 Å². The van der Waals surface area contributed by atoms with Crippen molar-refractivity contribution in [3.05, 3.63) is 66.0 Å². The maximum atomic E-state index is 12.7. The normalized spacial score (nSPS) is 35.9. The van der Waals surface area contributed by atoms with Crippen molar-refractivity contribution in [3.63, 3.8) is 0 Å². The van der Waals surface area contributed by atoms with E-state index in [1.54, 1.807) is 30.1 Å². The molecule has 1 N–H and O–H groups in total. The van der Waals surface area contributed by atoms with Crippen molar-refractivity contribution in [2.45, 2.75) is 78.2 Å². The van der Waals surface area contributed by atoms with Gasteiger partial charge >= 0.3 is 0 Å². The first-order chi connectivity index (χ1) is 16.9. The number of rotatable bonds is 4. The minimum Gasteiger partial charge on any atom is -0.349 e. The van der Waals surface area contributed by atoms with Gasteiger partial charge in [-0.05, 0) is 86.7 Å². The van der Waals surface area contributed by atoms with Crippen LogP contribution in [0.3, 0.4) is 0 Å². The lowest BCUT2D eigenvalue weighted by atomic mass is 9.47. The number of nitrogens with zero attached hydrogens (tertiary/aromatic N) is 3. The van der Waals surface area contributed by atoms with E-state index in [0.717, 1.165) is 31.1 Å². The van der Waals surface area contributed by atoms with Gasteiger partial charge < -0.3 is 9.88 Å². The Balaban J connectivity index is 1.19. The first kappa shape index (κ1) is 22.8. The highest BCUT2D eigenvalue weighted by Crippen LogP contribution is 2.65. The van der Waals surface area contributed by atoms with E-state index in [1.807, 2.05) is 6.33 Å². The molecule has 5 nitrogen and oxygen atoms in total. The largest absolute Gasteiger partial charge is 0.349 e. The molecule has 0 aliphatic heterocycles. The van der Waals surface area contributed by atoms with E-state index < -0.39 is 0 Å². The molecule has 2 saturated carbocycles. The van der Waals surface area contributed by atoms with E-state index in [9.17, 15) is 4.79 Å². The quantitative estimate of drug-likeness (QED) is 0.553. The molecule has 6 atom stereocenters. The van der Waals surface area contributed by atoms with Gasteiger partial charge in [-0.2, -0.15) is 0 Å². The monoisotopic (exact) mass is 470 g/mol. The number of hydrogen-bond acceptors (Lipinski definition) is 3. The minimum absolute atomic E-state index is 0.0269. The summed E-state index contributed by atoms with van der Waals surface area (Å²) in [6, 6.07) is 3.82. The Bertz CT molecular complexity index is 1180. The standard InChI is InChI=1S/C30H38N4O/c1-4-22-18-34(19-32-22)27-8-7-25-24-6-5-21-17-23(33-28(35)20-11-15-31-16-12-20)9-13-29(21,2)26(24)10-14-30(25,27)3/h5,8,11-12,15-16,18-19,23-26H,4,6-7,9-10,13-14,17H2,1-3H3,(H,33,35)/t23-,24?,25?,26?,29-,30-/m0/s1. The Labute approximate surface area is 209 Å². The second kappa shape index (κ2) is 8.46. The number of aromatic nitrogens is 3. The van der Waals surface area contributed by atoms with Gasteiger partial charge in [0.25, 0.3) is 5.91 Å². The van der Waals surface area contributed by atoms with Gasteiger partial charge in [-0.3, -0.25) is 9.78 Å². The zero-order chi connectivity index (χ0) is 24.2. The summed E-state index contributed by atoms with van der Waals surface area (Å²) in [6.07, 6.45) is 21.9. The van der Waals surface area contributed by atoms with Gasteiger partial charge in [0, 0.05) is 41.3 Å². The molecule has 0 spiro atoms. The fraction of sp³-hybridized carbons (Fsp3) is 0.567. The first-order valence-corrected chi connectivity index (χ1v) is 13.6. The van der Waals surface area contributed by atoms with E-state index in [2.05, 4.69) is 59.0 Å². The lowest BCUT2D eigenvalue weighted by molar-refractivity contribution is -0.0137. The highest BCUT2D eigenvalue weighted by molar-refractivity contribution is 5.94. The summed E-state index contributed by atoms with van der Waals surface area (Å²) >= 11 is 0. The van der Waals surface area contributed by atoms with E-state index in [1.165, 1.54) is 43.5 Å². The third-order valence-electron chi connectivity index (χ3n) is 10.2. The Kier molecular flexibility index (Phi) is 5.50. The van der Waals surface area contributed by atoms with Crippen LogP contribution in [0.25, 0.3) is 5.70 Å². The SMILES string of the molecule is CCc1cn(C2=CCC3C4CC=C5C[C@@H](NC(=O)c6ccncc6)CC[C@]5(C)C4CC[C@]23C)cn1. The zero-order valence-corrected chi connectivity index (χ0v) is 21.3. The highest BCUT2D eigenvalue weighted by atomic mass is 16.1. The number of carbonyl (C=O) groups excluding carboxylic acids is 1. The fourth-order valence-corrected chi connectivity index (χ4v) is 8.18. The number of pyridine rings is 1. The van der Waals surface area contributed by atoms with Crippen molar-refractivity contribution in [2.24, 2.45) is 28.6 Å². The van der Waals surface area contributed by atoms with Crippen LogP contribution in [0.4, 0.5) is 0 Å². The van der Waals surface area contributed by atoms with Crippen molar-refractivity contribution in [3.8, 4) is 0 Å². The molecule has 184 valence electrons. The van der Waals surface area contributed by atoms with Gasteiger partial charge in [-0.1, -0.05) is 38.5 Å². The molecule has 4 aliphatic carbocycles. The molecule has 6 rings (SSSR count). The summed E-state index contributed by atoms with van der Waals surface area (Å²) in [7, 11) is 0. The van der Waals surface area contributed by atoms with Crippen LogP contribution in [0.2, 0.25) is 0 Å². The molecule has 4 aliphatic rings. The van der Waals surface area contributed by atoms with Crippen LogP contribution in [-0.2, 0) is 6.42 Å². The molecule has 0 saturated heterocycles. The van der Waals surface area contributed by atoms with Crippen molar-refractivity contribution in [1.29, 1.82) is 0 Å². The molecule has 0 radical (unpaired) electrons. The van der Waals surface area contributed by atoms with E-state index in [0.29, 0.717) is 11.5 Å². The number of carbonyl (C=O) groups is 1.